The number of rotatable bonds is 3. The predicted octanol–water partition coefficient (Wildman–Crippen LogP) is 4.90. The van der Waals surface area contributed by atoms with Crippen molar-refractivity contribution in [2.45, 2.75) is 26.4 Å². The number of anilines is 1. The highest BCUT2D eigenvalue weighted by Crippen LogP contribution is 2.32. The van der Waals surface area contributed by atoms with Crippen LogP contribution >= 0.6 is 45.2 Å². The van der Waals surface area contributed by atoms with Crippen molar-refractivity contribution in [3.8, 4) is 0 Å². The molecule has 1 aliphatic rings. The van der Waals surface area contributed by atoms with Gasteiger partial charge in [0.25, 0.3) is 0 Å². The van der Waals surface area contributed by atoms with Gasteiger partial charge in [0.1, 0.15) is 17.2 Å². The molecule has 1 aliphatic heterocycles. The van der Waals surface area contributed by atoms with Crippen molar-refractivity contribution < 1.29 is 18.7 Å². The minimum absolute atomic E-state index is 0.407. The Morgan fingerprint density at radius 3 is 2.44 bits per heavy atom. The Labute approximate surface area is 174 Å². The van der Waals surface area contributed by atoms with Gasteiger partial charge in [-0.05, 0) is 84.2 Å². The molecule has 0 radical (unpaired) electrons. The van der Waals surface area contributed by atoms with E-state index < -0.39 is 17.5 Å². The zero-order valence-corrected chi connectivity index (χ0v) is 18.7. The quantitative estimate of drug-likeness (QED) is 0.483. The van der Waals surface area contributed by atoms with Crippen LogP contribution in [0.15, 0.2) is 31.7 Å². The molecule has 25 heavy (non-hydrogen) atoms. The van der Waals surface area contributed by atoms with Crippen LogP contribution in [-0.2, 0) is 9.47 Å². The maximum Gasteiger partial charge on any atom is 0.420 e. The lowest BCUT2D eigenvalue weighted by atomic mass is 10.2. The molecule has 1 amide bonds. The van der Waals surface area contributed by atoms with E-state index >= 15 is 0 Å². The first-order valence-electron chi connectivity index (χ1n) is 7.85. The number of nitrogens with zero attached hydrogens (tertiary/aromatic N) is 2. The highest BCUT2D eigenvalue weighted by Gasteiger charge is 2.31. The van der Waals surface area contributed by atoms with Crippen LogP contribution in [0.3, 0.4) is 0 Å². The second-order valence-corrected chi connectivity index (χ2v) is 10.7. The summed E-state index contributed by atoms with van der Waals surface area (Å²) in [6.45, 7) is 7.88. The summed E-state index contributed by atoms with van der Waals surface area (Å²) in [5.74, 6) is 0.278. The molecule has 1 fully saturated rings. The molecule has 0 N–H and O–H groups in total. The zero-order chi connectivity index (χ0) is 18.6. The van der Waals surface area contributed by atoms with Gasteiger partial charge in [-0.1, -0.05) is 6.07 Å². The molecule has 0 unspecified atom stereocenters. The number of halogens is 3. The van der Waals surface area contributed by atoms with Crippen molar-refractivity contribution in [1.29, 1.82) is 0 Å². The van der Waals surface area contributed by atoms with E-state index in [0.29, 0.717) is 37.8 Å². The molecule has 8 heteroatoms. The second-order valence-electron chi connectivity index (χ2n) is 6.48. The zero-order valence-electron chi connectivity index (χ0n) is 14.4. The van der Waals surface area contributed by atoms with E-state index in [1.54, 1.807) is 12.1 Å². The Bertz CT molecular complexity index is 652. The smallest absolute Gasteiger partial charge is 0.420 e. The van der Waals surface area contributed by atoms with Crippen LogP contribution in [0, 0.1) is 5.82 Å². The summed E-state index contributed by atoms with van der Waals surface area (Å²) in [4.78, 5) is 16.4. The number of carbonyl (C=O) groups excluding carboxylic acids is 1. The summed E-state index contributed by atoms with van der Waals surface area (Å²) >= 11 is 4.34. The van der Waals surface area contributed by atoms with E-state index in [-0.39, 0.29) is 0 Å². The van der Waals surface area contributed by atoms with Crippen molar-refractivity contribution in [2.75, 3.05) is 31.2 Å². The largest absolute Gasteiger partial charge is 0.443 e. The molecule has 1 heterocycles. The molecular weight excluding hydrogens is 553 g/mol. The van der Waals surface area contributed by atoms with Crippen LogP contribution in [0.5, 0.6) is 0 Å². The average Bonchev–Trinajstić information content (AvgIpc) is 2.51. The van der Waals surface area contributed by atoms with Gasteiger partial charge in [0, 0.05) is 13.1 Å². The molecule has 0 aliphatic carbocycles. The molecule has 0 saturated carbocycles. The number of ether oxygens (including phenoxy) is 2. The number of hydrogen-bond donors (Lipinski definition) is 0. The monoisotopic (exact) mass is 574 g/mol. The lowest BCUT2D eigenvalue weighted by molar-refractivity contribution is 0.0445. The van der Waals surface area contributed by atoms with E-state index in [1.165, 1.54) is 17.0 Å². The standard InChI is InChI=1S/C17H21FI2N2O3/c1-17(2,3)25-16(23)22(13-6-4-5-12(18)11-13)15(14(19)20)21-7-9-24-10-8-21/h4-6,11H,7-10H2,1-3H3. The van der Waals surface area contributed by atoms with Crippen molar-refractivity contribution in [3.63, 3.8) is 0 Å². The Hall–Kier alpha value is -0.620. The number of morpholine rings is 1. The van der Waals surface area contributed by atoms with Crippen LogP contribution in [0.1, 0.15) is 20.8 Å². The van der Waals surface area contributed by atoms with E-state index in [9.17, 15) is 9.18 Å². The maximum atomic E-state index is 13.8. The SMILES string of the molecule is CC(C)(C)OC(=O)N(C(=C(I)I)N1CCOCC1)c1cccc(F)c1. The first-order chi connectivity index (χ1) is 11.7. The summed E-state index contributed by atoms with van der Waals surface area (Å²) in [5, 5.41) is 0. The molecule has 0 bridgehead atoms. The van der Waals surface area contributed by atoms with E-state index in [2.05, 4.69) is 50.1 Å². The van der Waals surface area contributed by atoms with Gasteiger partial charge >= 0.3 is 6.09 Å². The highest BCUT2D eigenvalue weighted by molar-refractivity contribution is 14.2. The molecule has 1 saturated heterocycles. The Balaban J connectivity index is 2.48. The molecule has 0 spiro atoms. The van der Waals surface area contributed by atoms with Crippen LogP contribution in [0.25, 0.3) is 0 Å². The van der Waals surface area contributed by atoms with Crippen molar-refractivity contribution in [2.24, 2.45) is 0 Å². The molecule has 2 rings (SSSR count). The third kappa shape index (κ3) is 5.95. The molecular formula is C17H21FI2N2O3. The van der Waals surface area contributed by atoms with Gasteiger partial charge in [0.15, 0.2) is 0 Å². The normalized spacial score (nSPS) is 14.9. The molecule has 0 aromatic heterocycles. The van der Waals surface area contributed by atoms with Crippen LogP contribution < -0.4 is 4.90 Å². The molecule has 5 nitrogen and oxygen atoms in total. The number of amides is 1. The Kier molecular flexibility index (Phi) is 7.32. The second kappa shape index (κ2) is 8.85. The van der Waals surface area contributed by atoms with Gasteiger partial charge in [-0.25, -0.2) is 14.1 Å². The van der Waals surface area contributed by atoms with E-state index in [0.717, 1.165) is 1.59 Å². The average molecular weight is 574 g/mol. The van der Waals surface area contributed by atoms with Gasteiger partial charge < -0.3 is 14.4 Å². The first kappa shape index (κ1) is 20.7. The topological polar surface area (TPSA) is 42.0 Å². The summed E-state index contributed by atoms with van der Waals surface area (Å²) in [5.41, 5.74) is -0.225. The lowest BCUT2D eigenvalue weighted by Gasteiger charge is -2.37. The summed E-state index contributed by atoms with van der Waals surface area (Å²) in [7, 11) is 0. The number of hydrogen-bond acceptors (Lipinski definition) is 4. The summed E-state index contributed by atoms with van der Waals surface area (Å²) in [6, 6.07) is 5.97. The van der Waals surface area contributed by atoms with Crippen LogP contribution in [-0.4, -0.2) is 42.9 Å². The number of carbonyl (C=O) groups is 1. The van der Waals surface area contributed by atoms with Crippen molar-refractivity contribution >= 4 is 57.0 Å². The van der Waals surface area contributed by atoms with E-state index in [4.69, 9.17) is 9.47 Å². The van der Waals surface area contributed by atoms with Crippen LogP contribution in [0.4, 0.5) is 14.9 Å². The molecule has 0 atom stereocenters. The van der Waals surface area contributed by atoms with Crippen LogP contribution in [0.2, 0.25) is 0 Å². The highest BCUT2D eigenvalue weighted by atomic mass is 127. The molecule has 1 aromatic rings. The Morgan fingerprint density at radius 2 is 1.92 bits per heavy atom. The maximum absolute atomic E-state index is 13.8. The minimum atomic E-state index is -0.657. The minimum Gasteiger partial charge on any atom is -0.443 e. The van der Waals surface area contributed by atoms with Gasteiger partial charge in [0.2, 0.25) is 0 Å². The third-order valence-corrected chi connectivity index (χ3v) is 4.30. The molecule has 138 valence electrons. The number of benzene rings is 1. The van der Waals surface area contributed by atoms with Crippen molar-refractivity contribution in [3.05, 3.63) is 37.5 Å². The Morgan fingerprint density at radius 1 is 1.28 bits per heavy atom. The lowest BCUT2D eigenvalue weighted by Crippen LogP contribution is -2.46. The fourth-order valence-electron chi connectivity index (χ4n) is 2.36. The predicted molar refractivity (Wildman–Crippen MR) is 113 cm³/mol. The summed E-state index contributed by atoms with van der Waals surface area (Å²) in [6.07, 6.45) is -0.537. The van der Waals surface area contributed by atoms with Crippen molar-refractivity contribution in [1.82, 2.24) is 4.90 Å². The van der Waals surface area contributed by atoms with E-state index in [1.807, 2.05) is 20.8 Å². The van der Waals surface area contributed by atoms with Gasteiger partial charge in [-0.2, -0.15) is 0 Å². The van der Waals surface area contributed by atoms with Gasteiger partial charge in [0.05, 0.1) is 20.5 Å². The van der Waals surface area contributed by atoms with Gasteiger partial charge in [-0.3, -0.25) is 0 Å². The summed E-state index contributed by atoms with van der Waals surface area (Å²) < 4.78 is 25.7. The molecule has 1 aromatic carbocycles. The first-order valence-corrected chi connectivity index (χ1v) is 10.0. The van der Waals surface area contributed by atoms with Gasteiger partial charge in [-0.15, -0.1) is 0 Å². The fraction of sp³-hybridized carbons (Fsp3) is 0.471. The fourth-order valence-corrected chi connectivity index (χ4v) is 3.52. The third-order valence-electron chi connectivity index (χ3n) is 3.33.